The van der Waals surface area contributed by atoms with Gasteiger partial charge in [0.1, 0.15) is 4.99 Å². The van der Waals surface area contributed by atoms with Crippen molar-refractivity contribution < 1.29 is 0 Å². The molecule has 0 saturated heterocycles. The molecule has 0 radical (unpaired) electrons. The molecule has 1 fully saturated rings. The molecule has 21 heavy (non-hydrogen) atoms. The van der Waals surface area contributed by atoms with Crippen molar-refractivity contribution in [2.75, 3.05) is 32.6 Å². The fourth-order valence-electron chi connectivity index (χ4n) is 3.01. The molecule has 6 heteroatoms. The van der Waals surface area contributed by atoms with Crippen LogP contribution in [0.3, 0.4) is 0 Å². The summed E-state index contributed by atoms with van der Waals surface area (Å²) >= 11 is 5.22. The lowest BCUT2D eigenvalue weighted by molar-refractivity contribution is 0.0681. The van der Waals surface area contributed by atoms with Crippen molar-refractivity contribution in [1.82, 2.24) is 15.1 Å². The molecule has 1 heterocycles. The van der Waals surface area contributed by atoms with E-state index in [0.717, 1.165) is 29.2 Å². The van der Waals surface area contributed by atoms with Gasteiger partial charge in [-0.25, -0.2) is 0 Å². The zero-order valence-corrected chi connectivity index (χ0v) is 14.4. The minimum absolute atomic E-state index is 0.225. The number of likely N-dealkylation sites (N-methyl/N-ethyl adjacent to an activating group) is 2. The number of thiocarbonyl (C=S) groups is 1. The van der Waals surface area contributed by atoms with Crippen LogP contribution in [0.2, 0.25) is 0 Å². The van der Waals surface area contributed by atoms with Crippen molar-refractivity contribution in [2.24, 2.45) is 5.73 Å². The molecule has 0 bridgehead atoms. The van der Waals surface area contributed by atoms with E-state index in [9.17, 15) is 0 Å². The number of nitrogens with two attached hydrogens (primary N) is 1. The molecule has 5 nitrogen and oxygen atoms in total. The highest BCUT2D eigenvalue weighted by Gasteiger charge is 2.40. The lowest BCUT2D eigenvalue weighted by Crippen LogP contribution is -2.57. The van der Waals surface area contributed by atoms with E-state index in [2.05, 4.69) is 34.1 Å². The monoisotopic (exact) mass is 307 g/mol. The number of aromatic nitrogens is 2. The average Bonchev–Trinajstić information content (AvgIpc) is 2.35. The summed E-state index contributed by atoms with van der Waals surface area (Å²) in [6.45, 7) is 4.84. The number of nitrogens with zero attached hydrogens (tertiary/aromatic N) is 4. The molecule has 1 saturated carbocycles. The summed E-state index contributed by atoms with van der Waals surface area (Å²) in [5.41, 5.74) is 8.89. The van der Waals surface area contributed by atoms with Crippen molar-refractivity contribution >= 4 is 23.0 Å². The molecule has 1 aromatic heterocycles. The zero-order chi connectivity index (χ0) is 15.8. The number of hydrogen-bond acceptors (Lipinski definition) is 5. The van der Waals surface area contributed by atoms with Crippen LogP contribution in [-0.2, 0) is 0 Å². The molecule has 0 amide bonds. The van der Waals surface area contributed by atoms with Crippen LogP contribution >= 0.6 is 12.2 Å². The first-order valence-electron chi connectivity index (χ1n) is 7.31. The second kappa shape index (κ2) is 5.85. The number of hydrogen-bond donors (Lipinski definition) is 1. The fraction of sp³-hybridized carbons (Fsp3) is 0.667. The van der Waals surface area contributed by atoms with Crippen LogP contribution in [0.1, 0.15) is 36.1 Å². The van der Waals surface area contributed by atoms with Gasteiger partial charge in [0.15, 0.2) is 5.82 Å². The Morgan fingerprint density at radius 2 is 1.86 bits per heavy atom. The van der Waals surface area contributed by atoms with Gasteiger partial charge < -0.3 is 15.5 Å². The predicted molar refractivity (Wildman–Crippen MR) is 90.9 cm³/mol. The smallest absolute Gasteiger partial charge is 0.161 e. The highest BCUT2D eigenvalue weighted by atomic mass is 32.1. The molecule has 1 aromatic rings. The van der Waals surface area contributed by atoms with E-state index in [1.165, 1.54) is 19.3 Å². The summed E-state index contributed by atoms with van der Waals surface area (Å²) in [7, 11) is 6.34. The molecule has 2 rings (SSSR count). The lowest BCUT2D eigenvalue weighted by atomic mass is 9.75. The van der Waals surface area contributed by atoms with E-state index in [1.807, 2.05) is 20.9 Å². The van der Waals surface area contributed by atoms with Gasteiger partial charge in [-0.05, 0) is 52.8 Å². The first-order chi connectivity index (χ1) is 9.78. The van der Waals surface area contributed by atoms with Crippen LogP contribution in [0.5, 0.6) is 0 Å². The van der Waals surface area contributed by atoms with E-state index >= 15 is 0 Å². The third-order valence-electron chi connectivity index (χ3n) is 4.81. The lowest BCUT2D eigenvalue weighted by Gasteiger charge is -2.49. The summed E-state index contributed by atoms with van der Waals surface area (Å²) in [6, 6.07) is 0. The quantitative estimate of drug-likeness (QED) is 0.835. The number of aryl methyl sites for hydroxylation is 1. The Kier molecular flexibility index (Phi) is 4.49. The number of anilines is 1. The van der Waals surface area contributed by atoms with Gasteiger partial charge in [-0.1, -0.05) is 12.2 Å². The third kappa shape index (κ3) is 2.87. The third-order valence-corrected chi connectivity index (χ3v) is 5.01. The highest BCUT2D eigenvalue weighted by Crippen LogP contribution is 2.37. The summed E-state index contributed by atoms with van der Waals surface area (Å²) in [4.78, 5) is 4.86. The molecule has 2 N–H and O–H groups in total. The first kappa shape index (κ1) is 16.1. The largest absolute Gasteiger partial charge is 0.389 e. The van der Waals surface area contributed by atoms with E-state index in [-0.39, 0.29) is 5.54 Å². The number of rotatable bonds is 5. The molecule has 0 aliphatic heterocycles. The van der Waals surface area contributed by atoms with E-state index in [0.29, 0.717) is 4.99 Å². The van der Waals surface area contributed by atoms with Gasteiger partial charge in [0.2, 0.25) is 0 Å². The fourth-order valence-corrected chi connectivity index (χ4v) is 3.25. The van der Waals surface area contributed by atoms with Crippen molar-refractivity contribution in [3.05, 3.63) is 16.8 Å². The summed E-state index contributed by atoms with van der Waals surface area (Å²) < 4.78 is 0. The molecule has 1 aliphatic rings. The Bertz CT molecular complexity index is 551. The SMILES string of the molecule is Cc1nnc(N(C)CC2(N(C)C)CCC2)c(C(N)=S)c1C. The summed E-state index contributed by atoms with van der Waals surface area (Å²) in [5.74, 6) is 0.790. The van der Waals surface area contributed by atoms with Crippen LogP contribution < -0.4 is 10.6 Å². The van der Waals surface area contributed by atoms with Gasteiger partial charge in [0.05, 0.1) is 11.3 Å². The van der Waals surface area contributed by atoms with Crippen LogP contribution in [-0.4, -0.2) is 53.3 Å². The Labute approximate surface area is 132 Å². The Balaban J connectivity index is 2.33. The minimum Gasteiger partial charge on any atom is -0.389 e. The molecule has 0 aromatic carbocycles. The minimum atomic E-state index is 0.225. The Morgan fingerprint density at radius 1 is 1.24 bits per heavy atom. The molecule has 1 aliphatic carbocycles. The average molecular weight is 307 g/mol. The van der Waals surface area contributed by atoms with Crippen molar-refractivity contribution in [3.63, 3.8) is 0 Å². The van der Waals surface area contributed by atoms with Crippen molar-refractivity contribution in [3.8, 4) is 0 Å². The van der Waals surface area contributed by atoms with Gasteiger partial charge in [-0.3, -0.25) is 0 Å². The molecular weight excluding hydrogens is 282 g/mol. The topological polar surface area (TPSA) is 58.3 Å². The van der Waals surface area contributed by atoms with Gasteiger partial charge in [0.25, 0.3) is 0 Å². The maximum Gasteiger partial charge on any atom is 0.161 e. The van der Waals surface area contributed by atoms with Crippen LogP contribution in [0.25, 0.3) is 0 Å². The van der Waals surface area contributed by atoms with Crippen LogP contribution in [0.4, 0.5) is 5.82 Å². The van der Waals surface area contributed by atoms with Gasteiger partial charge in [-0.15, -0.1) is 5.10 Å². The molecule has 0 unspecified atom stereocenters. The maximum absolute atomic E-state index is 5.92. The first-order valence-corrected chi connectivity index (χ1v) is 7.71. The summed E-state index contributed by atoms with van der Waals surface area (Å²) in [5, 5.41) is 8.59. The molecule has 0 spiro atoms. The normalized spacial score (nSPS) is 16.7. The standard InChI is InChI=1S/C15H25N5S/c1-10-11(2)17-18-14(12(10)13(16)21)20(5)9-15(19(3)4)7-6-8-15/h6-9H2,1-5H3,(H2,16,21). The van der Waals surface area contributed by atoms with Crippen LogP contribution in [0.15, 0.2) is 0 Å². The van der Waals surface area contributed by atoms with E-state index < -0.39 is 0 Å². The van der Waals surface area contributed by atoms with Gasteiger partial charge in [0, 0.05) is 19.1 Å². The predicted octanol–water partition coefficient (Wildman–Crippen LogP) is 1.65. The van der Waals surface area contributed by atoms with E-state index in [1.54, 1.807) is 0 Å². The molecule has 0 atom stereocenters. The van der Waals surface area contributed by atoms with E-state index in [4.69, 9.17) is 18.0 Å². The zero-order valence-electron chi connectivity index (χ0n) is 13.6. The van der Waals surface area contributed by atoms with Gasteiger partial charge in [-0.2, -0.15) is 5.10 Å². The second-order valence-electron chi connectivity index (χ2n) is 6.30. The van der Waals surface area contributed by atoms with Crippen molar-refractivity contribution in [2.45, 2.75) is 38.6 Å². The maximum atomic E-state index is 5.92. The molecule has 116 valence electrons. The Morgan fingerprint density at radius 3 is 2.29 bits per heavy atom. The van der Waals surface area contributed by atoms with Crippen LogP contribution in [0, 0.1) is 13.8 Å². The summed E-state index contributed by atoms with van der Waals surface area (Å²) in [6.07, 6.45) is 3.71. The van der Waals surface area contributed by atoms with Gasteiger partial charge >= 0.3 is 0 Å². The van der Waals surface area contributed by atoms with Crippen molar-refractivity contribution in [1.29, 1.82) is 0 Å². The molecular formula is C15H25N5S. The highest BCUT2D eigenvalue weighted by molar-refractivity contribution is 7.80. The second-order valence-corrected chi connectivity index (χ2v) is 6.74. The Hall–Kier alpha value is -1.27.